The van der Waals surface area contributed by atoms with Crippen LogP contribution in [-0.2, 0) is 14.0 Å². The van der Waals surface area contributed by atoms with Gasteiger partial charge in [-0.25, -0.2) is 0 Å². The molecule has 0 aliphatic heterocycles. The molecule has 0 amide bonds. The van der Waals surface area contributed by atoms with E-state index in [4.69, 9.17) is 20.8 Å². The molecule has 2 atom stereocenters. The maximum Gasteiger partial charge on any atom is 0.305 e. The molecule has 27 heavy (non-hydrogen) atoms. The van der Waals surface area contributed by atoms with Crippen LogP contribution in [0.1, 0.15) is 96.8 Å². The third kappa shape index (κ3) is 17.7. The van der Waals surface area contributed by atoms with Crippen molar-refractivity contribution in [1.82, 2.24) is 0 Å². The number of carbonyl (C=O) groups excluding carboxylic acids is 1. The van der Waals surface area contributed by atoms with E-state index in [1.807, 2.05) is 0 Å². The molecule has 0 aliphatic carbocycles. The van der Waals surface area contributed by atoms with E-state index in [1.165, 1.54) is 64.9 Å². The minimum absolute atomic E-state index is 0.0448. The monoisotopic (exact) mass is 420 g/mol. The van der Waals surface area contributed by atoms with Crippen molar-refractivity contribution in [1.29, 1.82) is 0 Å². The van der Waals surface area contributed by atoms with Gasteiger partial charge in [0, 0.05) is 6.42 Å². The first-order valence-electron chi connectivity index (χ1n) is 11.2. The molecule has 0 heterocycles. The van der Waals surface area contributed by atoms with Crippen LogP contribution >= 0.6 is 11.6 Å². The van der Waals surface area contributed by atoms with Crippen LogP contribution in [0.15, 0.2) is 0 Å². The number of carbonyl (C=O) groups is 1. The number of halogens is 1. The van der Waals surface area contributed by atoms with Crippen molar-refractivity contribution in [3.8, 4) is 0 Å². The van der Waals surface area contributed by atoms with E-state index < -0.39 is 8.32 Å². The topological polar surface area (TPSA) is 35.5 Å². The molecular weight excluding hydrogens is 376 g/mol. The Labute approximate surface area is 175 Å². The van der Waals surface area contributed by atoms with Gasteiger partial charge in [0.25, 0.3) is 0 Å². The second-order valence-corrected chi connectivity index (χ2v) is 13.7. The highest BCUT2D eigenvalue weighted by Gasteiger charge is 2.26. The van der Waals surface area contributed by atoms with Crippen molar-refractivity contribution < 1.29 is 14.0 Å². The Morgan fingerprint density at radius 1 is 0.852 bits per heavy atom. The largest absolute Gasteiger partial charge is 0.469 e. The summed E-state index contributed by atoms with van der Waals surface area (Å²) in [6.45, 7) is 8.97. The lowest BCUT2D eigenvalue weighted by Gasteiger charge is -2.30. The van der Waals surface area contributed by atoms with Crippen molar-refractivity contribution in [3.05, 3.63) is 0 Å². The average molecular weight is 421 g/mol. The van der Waals surface area contributed by atoms with Crippen molar-refractivity contribution >= 4 is 25.9 Å². The first-order valence-corrected chi connectivity index (χ1v) is 15.0. The highest BCUT2D eigenvalue weighted by atomic mass is 35.5. The smallest absolute Gasteiger partial charge is 0.305 e. The highest BCUT2D eigenvalue weighted by molar-refractivity contribution is 6.69. The Morgan fingerprint density at radius 3 is 1.89 bits per heavy atom. The maximum absolute atomic E-state index is 11.2. The zero-order valence-corrected chi connectivity index (χ0v) is 20.4. The van der Waals surface area contributed by atoms with Gasteiger partial charge in [0.2, 0.25) is 0 Å². The molecule has 0 aromatic rings. The van der Waals surface area contributed by atoms with Gasteiger partial charge >= 0.3 is 5.97 Å². The van der Waals surface area contributed by atoms with Crippen LogP contribution in [0.3, 0.4) is 0 Å². The van der Waals surface area contributed by atoms with Crippen molar-refractivity contribution in [2.45, 2.75) is 128 Å². The van der Waals surface area contributed by atoms with Crippen molar-refractivity contribution in [3.63, 3.8) is 0 Å². The summed E-state index contributed by atoms with van der Waals surface area (Å²) >= 11 is 6.69. The maximum atomic E-state index is 11.2. The Morgan fingerprint density at radius 2 is 1.37 bits per heavy atom. The summed E-state index contributed by atoms with van der Waals surface area (Å²) in [6.07, 6.45) is 16.5. The second-order valence-electron chi connectivity index (χ2n) is 8.72. The predicted molar refractivity (Wildman–Crippen MR) is 120 cm³/mol. The molecule has 5 heteroatoms. The third-order valence-corrected chi connectivity index (χ3v) is 6.35. The molecule has 0 bridgehead atoms. The van der Waals surface area contributed by atoms with Gasteiger partial charge in [0.15, 0.2) is 8.32 Å². The van der Waals surface area contributed by atoms with Gasteiger partial charge in [0.05, 0.1) is 18.6 Å². The molecule has 0 saturated heterocycles. The Hall–Kier alpha value is -0.0631. The fourth-order valence-corrected chi connectivity index (χ4v) is 4.93. The van der Waals surface area contributed by atoms with Crippen LogP contribution < -0.4 is 0 Å². The number of unbranched alkanes of at least 4 members (excludes halogenated alkanes) is 9. The second kappa shape index (κ2) is 16.9. The fraction of sp³-hybridized carbons (Fsp3) is 0.955. The summed E-state index contributed by atoms with van der Waals surface area (Å²) in [6, 6.07) is 0. The lowest BCUT2D eigenvalue weighted by atomic mass is 10.0. The number of hydrogen-bond acceptors (Lipinski definition) is 3. The van der Waals surface area contributed by atoms with Crippen LogP contribution in [0.5, 0.6) is 0 Å². The molecule has 2 unspecified atom stereocenters. The summed E-state index contributed by atoms with van der Waals surface area (Å²) in [5, 5.41) is 0.0448. The molecule has 0 radical (unpaired) electrons. The van der Waals surface area contributed by atoms with Crippen LogP contribution in [0.4, 0.5) is 0 Å². The molecule has 0 aromatic carbocycles. The molecule has 0 fully saturated rings. The lowest BCUT2D eigenvalue weighted by Crippen LogP contribution is -2.37. The zero-order chi connectivity index (χ0) is 20.5. The zero-order valence-electron chi connectivity index (χ0n) is 18.7. The summed E-state index contributed by atoms with van der Waals surface area (Å²) < 4.78 is 11.1. The molecule has 0 spiro atoms. The van der Waals surface area contributed by atoms with E-state index >= 15 is 0 Å². The predicted octanol–water partition coefficient (Wildman–Crippen LogP) is 7.47. The number of rotatable bonds is 18. The third-order valence-electron chi connectivity index (χ3n) is 4.84. The van der Waals surface area contributed by atoms with Gasteiger partial charge in [0.1, 0.15) is 0 Å². The summed E-state index contributed by atoms with van der Waals surface area (Å²) in [5.74, 6) is -0.134. The van der Waals surface area contributed by atoms with E-state index in [-0.39, 0.29) is 17.5 Å². The number of hydrogen-bond donors (Lipinski definition) is 0. The average Bonchev–Trinajstić information content (AvgIpc) is 2.61. The Bertz CT molecular complexity index is 358. The van der Waals surface area contributed by atoms with Crippen LogP contribution in [-0.4, -0.2) is 32.9 Å². The minimum atomic E-state index is -1.61. The summed E-state index contributed by atoms with van der Waals surface area (Å²) in [7, 11) is -0.167. The van der Waals surface area contributed by atoms with Gasteiger partial charge in [-0.3, -0.25) is 4.79 Å². The van der Waals surface area contributed by atoms with Gasteiger partial charge in [-0.05, 0) is 38.9 Å². The lowest BCUT2D eigenvalue weighted by molar-refractivity contribution is -0.140. The number of ether oxygens (including phenoxy) is 1. The molecular formula is C22H45ClO3Si. The first kappa shape index (κ1) is 26.9. The highest BCUT2D eigenvalue weighted by Crippen LogP contribution is 2.24. The van der Waals surface area contributed by atoms with Gasteiger partial charge < -0.3 is 9.16 Å². The molecule has 3 nitrogen and oxygen atoms in total. The fourth-order valence-electron chi connectivity index (χ4n) is 3.32. The Balaban J connectivity index is 4.04. The van der Waals surface area contributed by atoms with Gasteiger partial charge in [-0.15, -0.1) is 11.6 Å². The van der Waals surface area contributed by atoms with E-state index in [0.717, 1.165) is 25.7 Å². The van der Waals surface area contributed by atoms with Crippen molar-refractivity contribution in [2.75, 3.05) is 7.11 Å². The van der Waals surface area contributed by atoms with E-state index in [9.17, 15) is 4.79 Å². The van der Waals surface area contributed by atoms with Crippen LogP contribution in [0.2, 0.25) is 19.6 Å². The molecule has 0 saturated carbocycles. The molecule has 0 rings (SSSR count). The minimum Gasteiger partial charge on any atom is -0.469 e. The van der Waals surface area contributed by atoms with E-state index in [0.29, 0.717) is 6.42 Å². The number of methoxy groups -OCH3 is 1. The standard InChI is InChI=1S/C22H45ClO3Si/c1-6-7-8-9-10-11-12-13-14-18-21(26-27(3,4)5)20(23)17-15-16-19-22(24)25-2/h20-21H,6-19H2,1-5H3. The molecule has 162 valence electrons. The van der Waals surface area contributed by atoms with Gasteiger partial charge in [-0.1, -0.05) is 71.1 Å². The number of alkyl halides is 1. The summed E-state index contributed by atoms with van der Waals surface area (Å²) in [4.78, 5) is 11.2. The molecule has 0 N–H and O–H groups in total. The van der Waals surface area contributed by atoms with Crippen molar-refractivity contribution in [2.24, 2.45) is 0 Å². The first-order chi connectivity index (χ1) is 12.8. The quantitative estimate of drug-likeness (QED) is 0.0997. The normalized spacial score (nSPS) is 14.1. The van der Waals surface area contributed by atoms with E-state index in [1.54, 1.807) is 0 Å². The molecule has 0 aromatic heterocycles. The Kier molecular flexibility index (Phi) is 16.8. The SMILES string of the molecule is CCCCCCCCCCCC(O[Si](C)(C)C)C(Cl)CCCCC(=O)OC. The van der Waals surface area contributed by atoms with Crippen LogP contribution in [0, 0.1) is 0 Å². The number of esters is 1. The van der Waals surface area contributed by atoms with Gasteiger partial charge in [-0.2, -0.15) is 0 Å². The van der Waals surface area contributed by atoms with Crippen LogP contribution in [0.25, 0.3) is 0 Å². The summed E-state index contributed by atoms with van der Waals surface area (Å²) in [5.41, 5.74) is 0. The van der Waals surface area contributed by atoms with E-state index in [2.05, 4.69) is 26.6 Å². The molecule has 0 aliphatic rings.